The second kappa shape index (κ2) is 17.6. The van der Waals surface area contributed by atoms with Crippen LogP contribution in [-0.4, -0.2) is 42.3 Å². The molecule has 0 atom stereocenters. The fourth-order valence-corrected chi connectivity index (χ4v) is 5.29. The largest absolute Gasteiger partial charge is 0.421 e. The van der Waals surface area contributed by atoms with Crippen LogP contribution in [0.3, 0.4) is 0 Å². The molecule has 6 rings (SSSR count). The lowest BCUT2D eigenvalue weighted by molar-refractivity contribution is -0.657. The lowest BCUT2D eigenvalue weighted by Crippen LogP contribution is -2.25. The summed E-state index contributed by atoms with van der Waals surface area (Å²) in [4.78, 5) is 13.9. The minimum atomic E-state index is 0.215. The minimum absolute atomic E-state index is 0.215. The Morgan fingerprint density at radius 3 is 1.40 bits per heavy atom. The van der Waals surface area contributed by atoms with E-state index in [1.165, 1.54) is 0 Å². The number of hydrogen-bond acceptors (Lipinski definition) is 12. The highest BCUT2D eigenvalue weighted by Crippen LogP contribution is 2.25. The number of aliphatic hydroxyl groups is 1. The molecule has 53 heavy (non-hydrogen) atoms. The van der Waals surface area contributed by atoms with E-state index in [1.807, 2.05) is 144 Å². The average Bonchev–Trinajstić information content (AvgIpc) is 3.66. The molecule has 0 spiro atoms. The number of nitrogens with zero attached hydrogens (tertiary/aromatic N) is 11. The van der Waals surface area contributed by atoms with Gasteiger partial charge < -0.3 is 26.4 Å². The summed E-state index contributed by atoms with van der Waals surface area (Å²) in [5.74, 6) is 2.72. The van der Waals surface area contributed by atoms with Gasteiger partial charge in [-0.15, -0.1) is 0 Å². The molecule has 0 saturated carbocycles. The highest BCUT2D eigenvalue weighted by Gasteiger charge is 2.12. The van der Waals surface area contributed by atoms with Gasteiger partial charge in [-0.1, -0.05) is 23.1 Å². The lowest BCUT2D eigenvalue weighted by atomic mass is 10.2. The molecule has 0 aliphatic carbocycles. The maximum absolute atomic E-state index is 9.07. The van der Waals surface area contributed by atoms with Crippen LogP contribution < -0.4 is 30.4 Å². The van der Waals surface area contributed by atoms with Gasteiger partial charge in [-0.25, -0.2) is 18.3 Å². The summed E-state index contributed by atoms with van der Waals surface area (Å²) in [5, 5.41) is 39.9. The molecule has 3 heterocycles. The normalized spacial score (nSPS) is 11.4. The molecule has 272 valence electrons. The SMILES string of the molecule is Cn1cc[n+](C)c1N=Nc1ccc(Nc2ccc(Nc3nc(NCCCCCCO)nc(Nc4ccc(N=Nc5n(C)cc[n+]5C)cc4)n3)cc2)cc1. The third kappa shape index (κ3) is 10.3. The van der Waals surface area contributed by atoms with E-state index in [0.29, 0.717) is 30.1 Å². The van der Waals surface area contributed by atoms with Crippen LogP contribution in [0, 0.1) is 0 Å². The number of imidazole rings is 2. The van der Waals surface area contributed by atoms with E-state index in [1.54, 1.807) is 0 Å². The number of rotatable bonds is 17. The van der Waals surface area contributed by atoms with Gasteiger partial charge in [0.2, 0.25) is 17.8 Å². The monoisotopic (exact) mass is 715 g/mol. The Hall–Kier alpha value is -6.55. The van der Waals surface area contributed by atoms with Crippen LogP contribution in [0.4, 0.5) is 63.9 Å². The van der Waals surface area contributed by atoms with E-state index in [-0.39, 0.29) is 6.61 Å². The Labute approximate surface area is 308 Å². The molecular weight excluding hydrogens is 671 g/mol. The smallest absolute Gasteiger partial charge is 0.396 e. The molecule has 16 heteroatoms. The number of aromatic nitrogens is 7. The van der Waals surface area contributed by atoms with Crippen molar-refractivity contribution in [2.45, 2.75) is 25.7 Å². The summed E-state index contributed by atoms with van der Waals surface area (Å²) in [7, 11) is 7.72. The van der Waals surface area contributed by atoms with E-state index in [2.05, 4.69) is 56.7 Å². The van der Waals surface area contributed by atoms with Gasteiger partial charge in [0.05, 0.1) is 53.0 Å². The predicted octanol–water partition coefficient (Wildman–Crippen LogP) is 7.22. The maximum atomic E-state index is 9.07. The van der Waals surface area contributed by atoms with Gasteiger partial charge in [0, 0.05) is 46.1 Å². The number of nitrogens with one attached hydrogen (secondary N) is 4. The second-order valence-corrected chi connectivity index (χ2v) is 12.5. The molecule has 0 amide bonds. The third-order valence-corrected chi connectivity index (χ3v) is 8.22. The number of hydrogen-bond donors (Lipinski definition) is 5. The number of benzene rings is 3. The second-order valence-electron chi connectivity index (χ2n) is 12.5. The topological polar surface area (TPSA) is 174 Å². The molecule has 0 radical (unpaired) electrons. The standard InChI is InChI=1S/C37H43N15O/c1-49-22-23-50(2)36(49)47-45-31-17-13-28(14-18-31)39-27-9-11-29(12-10-27)40-34-42-33(38-21-7-5-6-8-26-53)43-35(44-34)41-30-15-19-32(20-16-30)46-48-37-51(3)24-25-52(37)4/h9-20,22-25,53H,5-8,21,26H2,1-4H3,(H2,38,40,42,43,44,45)/p+2. The Bertz CT molecular complexity index is 2100. The van der Waals surface area contributed by atoms with E-state index in [0.717, 1.165) is 66.0 Å². The first kappa shape index (κ1) is 36.2. The number of unbranched alkanes of at least 4 members (excludes halogenated alkanes) is 3. The molecule has 3 aromatic heterocycles. The van der Waals surface area contributed by atoms with Crippen LogP contribution in [0.15, 0.2) is 118 Å². The van der Waals surface area contributed by atoms with E-state index < -0.39 is 0 Å². The van der Waals surface area contributed by atoms with Crippen molar-refractivity contribution < 1.29 is 14.2 Å². The lowest BCUT2D eigenvalue weighted by Gasteiger charge is -2.12. The van der Waals surface area contributed by atoms with Gasteiger partial charge in [-0.05, 0) is 85.6 Å². The van der Waals surface area contributed by atoms with Gasteiger partial charge in [0.25, 0.3) is 0 Å². The third-order valence-electron chi connectivity index (χ3n) is 8.22. The zero-order valence-electron chi connectivity index (χ0n) is 30.3. The van der Waals surface area contributed by atoms with Crippen molar-refractivity contribution in [1.29, 1.82) is 0 Å². The van der Waals surface area contributed by atoms with E-state index in [4.69, 9.17) is 5.11 Å². The Kier molecular flexibility index (Phi) is 12.0. The van der Waals surface area contributed by atoms with Gasteiger partial charge in [-0.2, -0.15) is 15.0 Å². The molecule has 0 aliphatic rings. The predicted molar refractivity (Wildman–Crippen MR) is 205 cm³/mol. The summed E-state index contributed by atoms with van der Waals surface area (Å²) in [6.45, 7) is 0.912. The van der Waals surface area contributed by atoms with Crippen molar-refractivity contribution in [3.63, 3.8) is 0 Å². The molecule has 0 saturated heterocycles. The summed E-state index contributed by atoms with van der Waals surface area (Å²) >= 11 is 0. The van der Waals surface area contributed by atoms with Crippen LogP contribution in [-0.2, 0) is 28.2 Å². The van der Waals surface area contributed by atoms with Crippen molar-refractivity contribution in [3.8, 4) is 0 Å². The molecule has 16 nitrogen and oxygen atoms in total. The van der Waals surface area contributed by atoms with Crippen LogP contribution in [0.1, 0.15) is 25.7 Å². The summed E-state index contributed by atoms with van der Waals surface area (Å²) in [6.07, 6.45) is 11.4. The Morgan fingerprint density at radius 2 is 0.962 bits per heavy atom. The molecule has 0 aliphatic heterocycles. The Morgan fingerprint density at radius 1 is 0.547 bits per heavy atom. The van der Waals surface area contributed by atoms with Crippen LogP contribution in [0.2, 0.25) is 0 Å². The van der Waals surface area contributed by atoms with Crippen molar-refractivity contribution in [1.82, 2.24) is 24.1 Å². The molecule has 0 unspecified atom stereocenters. The zero-order chi connectivity index (χ0) is 37.0. The van der Waals surface area contributed by atoms with Crippen molar-refractivity contribution >= 4 is 63.9 Å². The molecule has 5 N–H and O–H groups in total. The molecule has 3 aromatic carbocycles. The average molecular weight is 716 g/mol. The number of anilines is 7. The molecular formula is C37H45N15O+2. The molecule has 0 bridgehead atoms. The van der Waals surface area contributed by atoms with Gasteiger partial charge in [0.1, 0.15) is 11.4 Å². The number of azo groups is 2. The molecule has 6 aromatic rings. The summed E-state index contributed by atoms with van der Waals surface area (Å²) in [5.41, 5.74) is 4.92. The maximum Gasteiger partial charge on any atom is 0.421 e. The fraction of sp³-hybridized carbons (Fsp3) is 0.270. The number of aliphatic hydroxyl groups excluding tert-OH is 1. The molecule has 0 fully saturated rings. The van der Waals surface area contributed by atoms with Crippen molar-refractivity contribution in [2.24, 2.45) is 48.6 Å². The Balaban J connectivity index is 1.10. The van der Waals surface area contributed by atoms with Crippen LogP contribution in [0.25, 0.3) is 0 Å². The fourth-order valence-electron chi connectivity index (χ4n) is 5.29. The quantitative estimate of drug-likeness (QED) is 0.0374. The summed E-state index contributed by atoms with van der Waals surface area (Å²) in [6, 6.07) is 23.2. The first-order chi connectivity index (χ1) is 25.8. The first-order valence-corrected chi connectivity index (χ1v) is 17.4. The van der Waals surface area contributed by atoms with Gasteiger partial charge in [-0.3, -0.25) is 0 Å². The first-order valence-electron chi connectivity index (χ1n) is 17.4. The van der Waals surface area contributed by atoms with Gasteiger partial charge >= 0.3 is 11.9 Å². The van der Waals surface area contributed by atoms with Gasteiger partial charge in [0.15, 0.2) is 0 Å². The van der Waals surface area contributed by atoms with Crippen molar-refractivity contribution in [3.05, 3.63) is 97.6 Å². The van der Waals surface area contributed by atoms with E-state index in [9.17, 15) is 0 Å². The van der Waals surface area contributed by atoms with Crippen molar-refractivity contribution in [2.75, 3.05) is 34.4 Å². The summed E-state index contributed by atoms with van der Waals surface area (Å²) < 4.78 is 7.63. The highest BCUT2D eigenvalue weighted by atomic mass is 16.2. The van der Waals surface area contributed by atoms with Crippen LogP contribution >= 0.6 is 0 Å². The van der Waals surface area contributed by atoms with Crippen LogP contribution in [0.5, 0.6) is 0 Å². The number of aryl methyl sites for hydroxylation is 4. The minimum Gasteiger partial charge on any atom is -0.396 e. The van der Waals surface area contributed by atoms with E-state index >= 15 is 0 Å². The highest BCUT2D eigenvalue weighted by molar-refractivity contribution is 5.66. The zero-order valence-corrected chi connectivity index (χ0v) is 30.3.